The molecule has 2 fully saturated rings. The highest BCUT2D eigenvalue weighted by molar-refractivity contribution is 14.0. The van der Waals surface area contributed by atoms with Crippen LogP contribution in [0.5, 0.6) is 0 Å². The van der Waals surface area contributed by atoms with Gasteiger partial charge >= 0.3 is 0 Å². The Morgan fingerprint density at radius 2 is 1.90 bits per heavy atom. The second-order valence-corrected chi connectivity index (χ2v) is 7.24. The third-order valence-electron chi connectivity index (χ3n) is 5.18. The van der Waals surface area contributed by atoms with Crippen molar-refractivity contribution in [3.63, 3.8) is 0 Å². The predicted octanol–water partition coefficient (Wildman–Crippen LogP) is 2.73. The number of nitrogens with one attached hydrogen (secondary N) is 2. The summed E-state index contributed by atoms with van der Waals surface area (Å²) in [6, 6.07) is 3.97. The molecule has 0 saturated carbocycles. The van der Waals surface area contributed by atoms with Crippen molar-refractivity contribution in [2.75, 3.05) is 44.2 Å². The van der Waals surface area contributed by atoms with E-state index in [-0.39, 0.29) is 41.6 Å². The van der Waals surface area contributed by atoms with Crippen LogP contribution in [0.4, 0.5) is 14.5 Å². The normalized spacial score (nSPS) is 19.3. The molecule has 0 aromatic heterocycles. The zero-order valence-corrected chi connectivity index (χ0v) is 19.1. The highest BCUT2D eigenvalue weighted by atomic mass is 127. The second kappa shape index (κ2) is 11.5. The van der Waals surface area contributed by atoms with E-state index < -0.39 is 11.6 Å². The molecule has 162 valence electrons. The molecule has 1 unspecified atom stereocenters. The highest BCUT2D eigenvalue weighted by Crippen LogP contribution is 2.26. The van der Waals surface area contributed by atoms with Gasteiger partial charge < -0.3 is 20.4 Å². The van der Waals surface area contributed by atoms with Gasteiger partial charge in [0.2, 0.25) is 5.91 Å². The van der Waals surface area contributed by atoms with Crippen molar-refractivity contribution >= 4 is 41.5 Å². The lowest BCUT2D eigenvalue weighted by atomic mass is 10.2. The van der Waals surface area contributed by atoms with E-state index in [0.717, 1.165) is 32.4 Å². The van der Waals surface area contributed by atoms with Gasteiger partial charge in [0.1, 0.15) is 17.3 Å². The first-order valence-electron chi connectivity index (χ1n) is 10.1. The monoisotopic (exact) mass is 521 g/mol. The Morgan fingerprint density at radius 3 is 2.55 bits per heavy atom. The molecule has 9 heteroatoms. The van der Waals surface area contributed by atoms with E-state index in [1.807, 2.05) is 11.8 Å². The van der Waals surface area contributed by atoms with Crippen molar-refractivity contribution < 1.29 is 13.6 Å². The molecule has 0 bridgehead atoms. The van der Waals surface area contributed by atoms with E-state index >= 15 is 0 Å². The molecule has 2 N–H and O–H groups in total. The lowest BCUT2D eigenvalue weighted by Gasteiger charge is -2.21. The van der Waals surface area contributed by atoms with Gasteiger partial charge in [0.25, 0.3) is 0 Å². The van der Waals surface area contributed by atoms with E-state index in [0.29, 0.717) is 38.6 Å². The minimum Gasteiger partial charge on any atom is -0.365 e. The molecule has 29 heavy (non-hydrogen) atoms. The Hall–Kier alpha value is -1.65. The number of carbonyl (C=O) groups is 1. The van der Waals surface area contributed by atoms with Crippen LogP contribution >= 0.6 is 24.0 Å². The molecule has 1 aromatic carbocycles. The maximum absolute atomic E-state index is 14.0. The van der Waals surface area contributed by atoms with E-state index in [1.54, 1.807) is 4.90 Å². The number of nitrogens with zero attached hydrogens (tertiary/aromatic N) is 3. The van der Waals surface area contributed by atoms with Crippen LogP contribution in [0.3, 0.4) is 0 Å². The minimum atomic E-state index is -0.540. The molecule has 2 aliphatic rings. The molecule has 2 heterocycles. The largest absolute Gasteiger partial charge is 0.365 e. The first kappa shape index (κ1) is 23.6. The number of likely N-dealkylation sites (tertiary alicyclic amines) is 1. The van der Waals surface area contributed by atoms with Crippen LogP contribution in [-0.2, 0) is 4.79 Å². The van der Waals surface area contributed by atoms with Crippen molar-refractivity contribution in [1.82, 2.24) is 15.5 Å². The Bertz CT molecular complexity index is 692. The van der Waals surface area contributed by atoms with Gasteiger partial charge in [0.15, 0.2) is 5.96 Å². The molecule has 2 aliphatic heterocycles. The van der Waals surface area contributed by atoms with E-state index in [4.69, 9.17) is 0 Å². The topological polar surface area (TPSA) is 60.0 Å². The number of amides is 1. The summed E-state index contributed by atoms with van der Waals surface area (Å²) in [5.74, 6) is -0.292. The Balaban J connectivity index is 0.00000300. The molecule has 1 aromatic rings. The summed E-state index contributed by atoms with van der Waals surface area (Å²) in [6.45, 7) is 5.86. The van der Waals surface area contributed by atoms with Crippen LogP contribution in [0, 0.1) is 11.6 Å². The van der Waals surface area contributed by atoms with Crippen molar-refractivity contribution in [3.8, 4) is 0 Å². The van der Waals surface area contributed by atoms with Gasteiger partial charge in [0.05, 0.1) is 6.54 Å². The molecule has 1 atom stereocenters. The summed E-state index contributed by atoms with van der Waals surface area (Å²) < 4.78 is 28.0. The Morgan fingerprint density at radius 1 is 1.21 bits per heavy atom. The molecule has 0 aliphatic carbocycles. The van der Waals surface area contributed by atoms with Crippen molar-refractivity contribution in [1.29, 1.82) is 0 Å². The zero-order chi connectivity index (χ0) is 19.9. The fraction of sp³-hybridized carbons (Fsp3) is 0.600. The number of benzene rings is 1. The summed E-state index contributed by atoms with van der Waals surface area (Å²) in [5.41, 5.74) is 0.0324. The molecule has 0 radical (unpaired) electrons. The number of halogens is 3. The van der Waals surface area contributed by atoms with E-state index in [9.17, 15) is 13.6 Å². The van der Waals surface area contributed by atoms with Gasteiger partial charge in [0, 0.05) is 45.2 Å². The fourth-order valence-electron chi connectivity index (χ4n) is 3.77. The third-order valence-corrected chi connectivity index (χ3v) is 5.18. The maximum Gasteiger partial charge on any atom is 0.224 e. The number of hydrogen-bond donors (Lipinski definition) is 2. The fourth-order valence-corrected chi connectivity index (χ4v) is 3.77. The van der Waals surface area contributed by atoms with Gasteiger partial charge in [-0.25, -0.2) is 8.78 Å². The average molecular weight is 521 g/mol. The van der Waals surface area contributed by atoms with Crippen LogP contribution < -0.4 is 15.5 Å². The van der Waals surface area contributed by atoms with Gasteiger partial charge in [-0.2, -0.15) is 0 Å². The van der Waals surface area contributed by atoms with E-state index in [1.165, 1.54) is 18.2 Å². The van der Waals surface area contributed by atoms with Crippen molar-refractivity contribution in [2.45, 2.75) is 38.6 Å². The first-order valence-corrected chi connectivity index (χ1v) is 10.1. The number of para-hydroxylation sites is 1. The van der Waals surface area contributed by atoms with Gasteiger partial charge in [-0.05, 0) is 38.3 Å². The molecule has 6 nitrogen and oxygen atoms in total. The van der Waals surface area contributed by atoms with Gasteiger partial charge in [-0.1, -0.05) is 6.07 Å². The molecule has 2 saturated heterocycles. The van der Waals surface area contributed by atoms with Crippen LogP contribution in [0.25, 0.3) is 0 Å². The lowest BCUT2D eigenvalue weighted by molar-refractivity contribution is -0.129. The number of anilines is 1. The number of aliphatic imine (C=N–C) groups is 1. The van der Waals surface area contributed by atoms with Crippen molar-refractivity contribution in [2.24, 2.45) is 4.99 Å². The van der Waals surface area contributed by atoms with Crippen LogP contribution in [0.15, 0.2) is 23.2 Å². The number of rotatable bonds is 6. The summed E-state index contributed by atoms with van der Waals surface area (Å²) in [6.07, 6.45) is 3.32. The van der Waals surface area contributed by atoms with Gasteiger partial charge in [-0.3, -0.25) is 9.79 Å². The van der Waals surface area contributed by atoms with Crippen molar-refractivity contribution in [3.05, 3.63) is 29.8 Å². The summed E-state index contributed by atoms with van der Waals surface area (Å²) in [5, 5.41) is 6.50. The van der Waals surface area contributed by atoms with Gasteiger partial charge in [-0.15, -0.1) is 24.0 Å². The van der Waals surface area contributed by atoms with Crippen LogP contribution in [-0.4, -0.2) is 62.1 Å². The average Bonchev–Trinajstić information content (AvgIpc) is 3.34. The molecule has 1 amide bonds. The predicted molar refractivity (Wildman–Crippen MR) is 122 cm³/mol. The minimum absolute atomic E-state index is 0. The van der Waals surface area contributed by atoms with E-state index in [2.05, 4.69) is 15.6 Å². The molecule has 3 rings (SSSR count). The number of hydrogen-bond acceptors (Lipinski definition) is 3. The Kier molecular flexibility index (Phi) is 9.38. The van der Waals surface area contributed by atoms with Crippen LogP contribution in [0.2, 0.25) is 0 Å². The zero-order valence-electron chi connectivity index (χ0n) is 16.8. The highest BCUT2D eigenvalue weighted by Gasteiger charge is 2.27. The first-order chi connectivity index (χ1) is 13.6. The van der Waals surface area contributed by atoms with Crippen LogP contribution in [0.1, 0.15) is 32.6 Å². The summed E-state index contributed by atoms with van der Waals surface area (Å²) in [4.78, 5) is 20.3. The smallest absolute Gasteiger partial charge is 0.224 e. The third kappa shape index (κ3) is 6.42. The quantitative estimate of drug-likeness (QED) is 0.344. The second-order valence-electron chi connectivity index (χ2n) is 7.24. The molecule has 0 spiro atoms. The number of guanidine groups is 1. The SMILES string of the molecule is CCNC(=NCCC(=O)N1CCCC1)NC1CCN(c2c(F)cccc2F)C1.I. The standard InChI is InChI=1S/C20H29F2N5O.HI/c1-2-23-20(24-10-8-18(28)26-11-3-4-12-26)25-15-9-13-27(14-15)19-16(21)6-5-7-17(19)22;/h5-7,15H,2-4,8-14H2,1H3,(H2,23,24,25);1H. The lowest BCUT2D eigenvalue weighted by Crippen LogP contribution is -2.45. The summed E-state index contributed by atoms with van der Waals surface area (Å²) >= 11 is 0. The number of carbonyl (C=O) groups excluding carboxylic acids is 1. The maximum atomic E-state index is 14.0. The molecular formula is C20H30F2IN5O. The molecular weight excluding hydrogens is 491 g/mol. The Labute approximate surface area is 188 Å². The summed E-state index contributed by atoms with van der Waals surface area (Å²) in [7, 11) is 0.